The Morgan fingerprint density at radius 1 is 1.41 bits per heavy atom. The summed E-state index contributed by atoms with van der Waals surface area (Å²) in [4.78, 5) is 21.9. The molecule has 0 aliphatic rings. The van der Waals surface area contributed by atoms with Crippen LogP contribution in [0.3, 0.4) is 0 Å². The molecule has 0 aromatic heterocycles. The molecule has 0 fully saturated rings. The number of rotatable bonds is 3. The smallest absolute Gasteiger partial charge is 0.325 e. The molecule has 1 aromatic carbocycles. The maximum absolute atomic E-state index is 13.2. The normalized spacial score (nSPS) is 11.7. The molecule has 3 N–H and O–H groups in total. The number of aliphatic carboxylic acids is 1. The van der Waals surface area contributed by atoms with Crippen molar-refractivity contribution in [3.8, 4) is 0 Å². The van der Waals surface area contributed by atoms with Crippen LogP contribution in [0.4, 0.5) is 14.9 Å². The van der Waals surface area contributed by atoms with Gasteiger partial charge in [0.25, 0.3) is 0 Å². The molecule has 1 aromatic rings. The van der Waals surface area contributed by atoms with Gasteiger partial charge in [0.1, 0.15) is 11.9 Å². The van der Waals surface area contributed by atoms with Crippen LogP contribution in [-0.2, 0) is 4.79 Å². The zero-order chi connectivity index (χ0) is 13.0. The molecule has 5 nitrogen and oxygen atoms in total. The molecule has 0 heterocycles. The van der Waals surface area contributed by atoms with Gasteiger partial charge in [0, 0.05) is 11.3 Å². The summed E-state index contributed by atoms with van der Waals surface area (Å²) in [5.41, 5.74) is 0.603. The van der Waals surface area contributed by atoms with Gasteiger partial charge in [-0.3, -0.25) is 4.79 Å². The molecular formula is C11H13FN2O3. The van der Waals surface area contributed by atoms with Gasteiger partial charge in [0.15, 0.2) is 0 Å². The first-order chi connectivity index (χ1) is 7.91. The third-order valence-corrected chi connectivity index (χ3v) is 2.23. The van der Waals surface area contributed by atoms with Gasteiger partial charge in [-0.05, 0) is 26.0 Å². The highest BCUT2D eigenvalue weighted by molar-refractivity contribution is 5.92. The first-order valence-electron chi connectivity index (χ1n) is 4.97. The molecule has 0 unspecified atom stereocenters. The summed E-state index contributed by atoms with van der Waals surface area (Å²) in [5.74, 6) is -1.58. The Labute approximate surface area is 97.6 Å². The highest BCUT2D eigenvalue weighted by Gasteiger charge is 2.14. The van der Waals surface area contributed by atoms with Crippen molar-refractivity contribution in [2.75, 3.05) is 5.32 Å². The lowest BCUT2D eigenvalue weighted by molar-refractivity contribution is -0.138. The predicted molar refractivity (Wildman–Crippen MR) is 60.4 cm³/mol. The average Bonchev–Trinajstić information content (AvgIpc) is 2.24. The van der Waals surface area contributed by atoms with Crippen molar-refractivity contribution in [1.29, 1.82) is 0 Å². The van der Waals surface area contributed by atoms with E-state index in [0.717, 1.165) is 0 Å². The number of carbonyl (C=O) groups is 2. The number of hydrogen-bond donors (Lipinski definition) is 3. The fourth-order valence-corrected chi connectivity index (χ4v) is 1.16. The Balaban J connectivity index is 2.69. The van der Waals surface area contributed by atoms with E-state index in [4.69, 9.17) is 5.11 Å². The van der Waals surface area contributed by atoms with Gasteiger partial charge in [-0.15, -0.1) is 0 Å². The maximum atomic E-state index is 13.2. The fraction of sp³-hybridized carbons (Fsp3) is 0.273. The van der Waals surface area contributed by atoms with Crippen LogP contribution in [0.1, 0.15) is 12.5 Å². The van der Waals surface area contributed by atoms with E-state index < -0.39 is 23.9 Å². The first-order valence-corrected chi connectivity index (χ1v) is 4.97. The minimum atomic E-state index is -1.14. The van der Waals surface area contributed by atoms with Gasteiger partial charge in [0.2, 0.25) is 0 Å². The Bertz CT molecular complexity index is 448. The van der Waals surface area contributed by atoms with Crippen LogP contribution >= 0.6 is 0 Å². The molecule has 1 atom stereocenters. The van der Waals surface area contributed by atoms with Crippen molar-refractivity contribution < 1.29 is 19.1 Å². The van der Waals surface area contributed by atoms with E-state index >= 15 is 0 Å². The molecule has 17 heavy (non-hydrogen) atoms. The second-order valence-corrected chi connectivity index (χ2v) is 3.57. The van der Waals surface area contributed by atoms with Gasteiger partial charge >= 0.3 is 12.0 Å². The molecule has 0 saturated carbocycles. The van der Waals surface area contributed by atoms with E-state index in [-0.39, 0.29) is 0 Å². The maximum Gasteiger partial charge on any atom is 0.325 e. The summed E-state index contributed by atoms with van der Waals surface area (Å²) in [5, 5.41) is 13.2. The number of urea groups is 1. The largest absolute Gasteiger partial charge is 0.480 e. The number of anilines is 1. The second-order valence-electron chi connectivity index (χ2n) is 3.57. The molecule has 0 radical (unpaired) electrons. The Morgan fingerprint density at radius 2 is 2.06 bits per heavy atom. The average molecular weight is 240 g/mol. The highest BCUT2D eigenvalue weighted by atomic mass is 19.1. The van der Waals surface area contributed by atoms with Crippen molar-refractivity contribution in [3.63, 3.8) is 0 Å². The Morgan fingerprint density at radius 3 is 2.65 bits per heavy atom. The predicted octanol–water partition coefficient (Wildman–Crippen LogP) is 1.73. The summed E-state index contributed by atoms with van der Waals surface area (Å²) < 4.78 is 13.2. The lowest BCUT2D eigenvalue weighted by Gasteiger charge is -2.12. The molecule has 0 aliphatic carbocycles. The minimum absolute atomic E-state index is 0.297. The summed E-state index contributed by atoms with van der Waals surface area (Å²) in [6.07, 6.45) is 0. The van der Waals surface area contributed by atoms with Crippen LogP contribution in [0.2, 0.25) is 0 Å². The number of hydrogen-bond acceptors (Lipinski definition) is 2. The van der Waals surface area contributed by atoms with Crippen molar-refractivity contribution in [1.82, 2.24) is 5.32 Å². The van der Waals surface area contributed by atoms with Crippen LogP contribution < -0.4 is 10.6 Å². The second kappa shape index (κ2) is 5.29. The molecule has 6 heteroatoms. The molecule has 0 spiro atoms. The summed E-state index contributed by atoms with van der Waals surface area (Å²) in [6.45, 7) is 2.85. The van der Waals surface area contributed by atoms with Crippen LogP contribution in [0.25, 0.3) is 0 Å². The molecule has 92 valence electrons. The number of halogens is 1. The standard InChI is InChI=1S/C11H13FN2O3/c1-6-8(12)4-3-5-9(6)14-11(17)13-7(2)10(15)16/h3-5,7H,1-2H3,(H,15,16)(H2,13,14,17)/t7-/m0/s1. The van der Waals surface area contributed by atoms with Gasteiger partial charge in [-0.25, -0.2) is 9.18 Å². The van der Waals surface area contributed by atoms with E-state index in [1.165, 1.54) is 32.0 Å². The SMILES string of the molecule is Cc1c(F)cccc1NC(=O)N[C@@H](C)C(=O)O. The zero-order valence-electron chi connectivity index (χ0n) is 9.45. The Kier molecular flexibility index (Phi) is 4.03. The first kappa shape index (κ1) is 13.0. The minimum Gasteiger partial charge on any atom is -0.480 e. The Hall–Kier alpha value is -2.11. The molecule has 0 saturated heterocycles. The molecule has 0 aliphatic heterocycles. The summed E-state index contributed by atoms with van der Waals surface area (Å²) in [7, 11) is 0. The van der Waals surface area contributed by atoms with Gasteiger partial charge < -0.3 is 15.7 Å². The van der Waals surface area contributed by atoms with Crippen LogP contribution in [0.15, 0.2) is 18.2 Å². The van der Waals surface area contributed by atoms with Crippen molar-refractivity contribution in [2.24, 2.45) is 0 Å². The van der Waals surface area contributed by atoms with Crippen LogP contribution in [0, 0.1) is 12.7 Å². The summed E-state index contributed by atoms with van der Waals surface area (Å²) in [6, 6.07) is 2.57. The number of benzene rings is 1. The topological polar surface area (TPSA) is 78.4 Å². The zero-order valence-corrected chi connectivity index (χ0v) is 9.45. The van der Waals surface area contributed by atoms with E-state index in [1.54, 1.807) is 0 Å². The number of carboxylic acid groups (broad SMARTS) is 1. The number of carboxylic acids is 1. The molecule has 0 bridgehead atoms. The van der Waals surface area contributed by atoms with Gasteiger partial charge in [0.05, 0.1) is 0 Å². The number of amides is 2. The van der Waals surface area contributed by atoms with E-state index in [2.05, 4.69) is 10.6 Å². The van der Waals surface area contributed by atoms with Crippen molar-refractivity contribution in [2.45, 2.75) is 19.9 Å². The lowest BCUT2D eigenvalue weighted by Crippen LogP contribution is -2.41. The highest BCUT2D eigenvalue weighted by Crippen LogP contribution is 2.16. The molecule has 1 rings (SSSR count). The van der Waals surface area contributed by atoms with Gasteiger partial charge in [-0.1, -0.05) is 6.07 Å². The fourth-order valence-electron chi connectivity index (χ4n) is 1.16. The van der Waals surface area contributed by atoms with E-state index in [0.29, 0.717) is 11.3 Å². The molecular weight excluding hydrogens is 227 g/mol. The van der Waals surface area contributed by atoms with Crippen LogP contribution in [0.5, 0.6) is 0 Å². The third-order valence-electron chi connectivity index (χ3n) is 2.23. The van der Waals surface area contributed by atoms with Crippen molar-refractivity contribution in [3.05, 3.63) is 29.6 Å². The van der Waals surface area contributed by atoms with E-state index in [1.807, 2.05) is 0 Å². The monoisotopic (exact) mass is 240 g/mol. The quantitative estimate of drug-likeness (QED) is 0.752. The molecule has 2 amide bonds. The van der Waals surface area contributed by atoms with Crippen molar-refractivity contribution >= 4 is 17.7 Å². The third kappa shape index (κ3) is 3.44. The van der Waals surface area contributed by atoms with E-state index in [9.17, 15) is 14.0 Å². The number of carbonyl (C=O) groups excluding carboxylic acids is 1. The van der Waals surface area contributed by atoms with Gasteiger partial charge in [-0.2, -0.15) is 0 Å². The number of nitrogens with one attached hydrogen (secondary N) is 2. The lowest BCUT2D eigenvalue weighted by atomic mass is 10.2. The summed E-state index contributed by atoms with van der Waals surface area (Å²) >= 11 is 0. The van der Waals surface area contributed by atoms with Crippen LogP contribution in [-0.4, -0.2) is 23.1 Å².